The molecule has 0 spiro atoms. The molecule has 66 valence electrons. The average Bonchev–Trinajstić information content (AvgIpc) is 2.30. The number of ether oxygens (including phenoxy) is 1. The quantitative estimate of drug-likeness (QED) is 0.661. The number of nitrogens with zero attached hydrogens (tertiary/aromatic N) is 1. The van der Waals surface area contributed by atoms with Crippen molar-refractivity contribution < 1.29 is 9.53 Å². The number of hydrogen-bond acceptors (Lipinski definition) is 4. The van der Waals surface area contributed by atoms with Crippen molar-refractivity contribution in [3.8, 4) is 0 Å². The van der Waals surface area contributed by atoms with Crippen molar-refractivity contribution in [2.24, 2.45) is 0 Å². The molecule has 0 amide bonds. The summed E-state index contributed by atoms with van der Waals surface area (Å²) in [5, 5.41) is 0.899. The van der Waals surface area contributed by atoms with Crippen LogP contribution in [-0.4, -0.2) is 17.6 Å². The third kappa shape index (κ3) is 1.82. The molecule has 0 radical (unpaired) electrons. The molecule has 4 heteroatoms. The van der Waals surface area contributed by atoms with E-state index in [1.165, 1.54) is 11.3 Å². The molecule has 0 bridgehead atoms. The van der Waals surface area contributed by atoms with E-state index in [0.717, 1.165) is 9.88 Å². The molecule has 1 heterocycles. The predicted molar refractivity (Wildman–Crippen MR) is 47.5 cm³/mol. The fraction of sp³-hybridized carbons (Fsp3) is 0.500. The lowest BCUT2D eigenvalue weighted by molar-refractivity contribution is 0.0519. The van der Waals surface area contributed by atoms with Gasteiger partial charge in [0.25, 0.3) is 0 Å². The zero-order valence-electron chi connectivity index (χ0n) is 7.38. The Balaban J connectivity index is 2.87. The van der Waals surface area contributed by atoms with Crippen LogP contribution in [0.25, 0.3) is 0 Å². The smallest absolute Gasteiger partial charge is 0.358 e. The summed E-state index contributed by atoms with van der Waals surface area (Å²) in [6.07, 6.45) is 0. The Morgan fingerprint density at radius 2 is 2.25 bits per heavy atom. The maximum Gasteiger partial charge on any atom is 0.358 e. The molecular weight excluding hydrogens is 174 g/mol. The summed E-state index contributed by atoms with van der Waals surface area (Å²) < 4.78 is 4.83. The molecule has 12 heavy (non-hydrogen) atoms. The molecular formula is C8H11NO2S. The van der Waals surface area contributed by atoms with Gasteiger partial charge in [-0.1, -0.05) is 0 Å². The van der Waals surface area contributed by atoms with Crippen LogP contribution in [0.15, 0.2) is 0 Å². The molecule has 0 saturated carbocycles. The molecule has 0 unspecified atom stereocenters. The topological polar surface area (TPSA) is 39.2 Å². The fourth-order valence-electron chi connectivity index (χ4n) is 0.918. The van der Waals surface area contributed by atoms with E-state index >= 15 is 0 Å². The third-order valence-corrected chi connectivity index (χ3v) is 2.26. The number of carbonyl (C=O) groups excluding carboxylic acids is 1. The highest BCUT2D eigenvalue weighted by Gasteiger charge is 2.13. The van der Waals surface area contributed by atoms with Crippen LogP contribution in [0.4, 0.5) is 0 Å². The Morgan fingerprint density at radius 3 is 2.67 bits per heavy atom. The van der Waals surface area contributed by atoms with Crippen LogP contribution >= 0.6 is 11.3 Å². The summed E-state index contributed by atoms with van der Waals surface area (Å²) in [5.41, 5.74) is 0.458. The Labute approximate surface area is 75.4 Å². The first kappa shape index (κ1) is 9.19. The van der Waals surface area contributed by atoms with Gasteiger partial charge in [-0.3, -0.25) is 0 Å². The SMILES string of the molecule is CCOC(=O)c1nc(C)sc1C. The number of esters is 1. The first-order valence-electron chi connectivity index (χ1n) is 3.76. The van der Waals surface area contributed by atoms with E-state index in [0.29, 0.717) is 12.3 Å². The Morgan fingerprint density at radius 1 is 1.58 bits per heavy atom. The summed E-state index contributed by atoms with van der Waals surface area (Å²) in [4.78, 5) is 16.2. The molecule has 0 N–H and O–H groups in total. The van der Waals surface area contributed by atoms with E-state index < -0.39 is 0 Å². The largest absolute Gasteiger partial charge is 0.461 e. The molecule has 0 aliphatic rings. The van der Waals surface area contributed by atoms with E-state index in [1.54, 1.807) is 6.92 Å². The molecule has 1 aromatic heterocycles. The lowest BCUT2D eigenvalue weighted by atomic mass is 10.4. The summed E-state index contributed by atoms with van der Waals surface area (Å²) in [5.74, 6) is -0.320. The van der Waals surface area contributed by atoms with Gasteiger partial charge in [0.05, 0.1) is 11.6 Å². The molecule has 3 nitrogen and oxygen atoms in total. The first-order valence-corrected chi connectivity index (χ1v) is 4.58. The highest BCUT2D eigenvalue weighted by atomic mass is 32.1. The fourth-order valence-corrected chi connectivity index (χ4v) is 1.72. The number of carbonyl (C=O) groups is 1. The second-order valence-corrected chi connectivity index (χ2v) is 3.77. The zero-order valence-corrected chi connectivity index (χ0v) is 8.20. The Bertz CT molecular complexity index is 293. The van der Waals surface area contributed by atoms with Crippen LogP contribution in [0.3, 0.4) is 0 Å². The lowest BCUT2D eigenvalue weighted by Crippen LogP contribution is -2.06. The third-order valence-electron chi connectivity index (χ3n) is 1.37. The van der Waals surface area contributed by atoms with Crippen molar-refractivity contribution >= 4 is 17.3 Å². The van der Waals surface area contributed by atoms with Gasteiger partial charge in [-0.25, -0.2) is 9.78 Å². The molecule has 1 rings (SSSR count). The second kappa shape index (κ2) is 3.67. The summed E-state index contributed by atoms with van der Waals surface area (Å²) in [6, 6.07) is 0. The maximum atomic E-state index is 11.2. The summed E-state index contributed by atoms with van der Waals surface area (Å²) >= 11 is 1.51. The molecule has 0 saturated heterocycles. The van der Waals surface area contributed by atoms with Crippen molar-refractivity contribution in [1.29, 1.82) is 0 Å². The van der Waals surface area contributed by atoms with Crippen LogP contribution in [0.1, 0.15) is 27.3 Å². The maximum absolute atomic E-state index is 11.2. The van der Waals surface area contributed by atoms with Gasteiger partial charge in [0, 0.05) is 4.88 Å². The second-order valence-electron chi connectivity index (χ2n) is 2.36. The Kier molecular flexibility index (Phi) is 2.81. The summed E-state index contributed by atoms with van der Waals surface area (Å²) in [6.45, 7) is 5.93. The Hall–Kier alpha value is -0.900. The van der Waals surface area contributed by atoms with Gasteiger partial charge in [0.2, 0.25) is 0 Å². The van der Waals surface area contributed by atoms with Gasteiger partial charge >= 0.3 is 5.97 Å². The van der Waals surface area contributed by atoms with E-state index in [1.807, 2.05) is 13.8 Å². The van der Waals surface area contributed by atoms with Gasteiger partial charge in [0.15, 0.2) is 5.69 Å². The number of hydrogen-bond donors (Lipinski definition) is 0. The first-order chi connectivity index (χ1) is 5.65. The minimum atomic E-state index is -0.320. The number of aryl methyl sites for hydroxylation is 2. The van der Waals surface area contributed by atoms with E-state index in [9.17, 15) is 4.79 Å². The minimum absolute atomic E-state index is 0.320. The minimum Gasteiger partial charge on any atom is -0.461 e. The van der Waals surface area contributed by atoms with Crippen molar-refractivity contribution in [3.05, 3.63) is 15.6 Å². The normalized spacial score (nSPS) is 9.92. The number of aromatic nitrogens is 1. The molecule has 0 aliphatic heterocycles. The summed E-state index contributed by atoms with van der Waals surface area (Å²) in [7, 11) is 0. The standard InChI is InChI=1S/C8H11NO2S/c1-4-11-8(10)7-5(2)12-6(3)9-7/h4H2,1-3H3. The molecule has 0 aliphatic carbocycles. The van der Waals surface area contributed by atoms with Crippen molar-refractivity contribution in [2.75, 3.05) is 6.61 Å². The monoisotopic (exact) mass is 185 g/mol. The van der Waals surface area contributed by atoms with E-state index in [-0.39, 0.29) is 5.97 Å². The predicted octanol–water partition coefficient (Wildman–Crippen LogP) is 1.94. The van der Waals surface area contributed by atoms with Gasteiger partial charge in [0.1, 0.15) is 0 Å². The van der Waals surface area contributed by atoms with E-state index in [2.05, 4.69) is 4.98 Å². The van der Waals surface area contributed by atoms with Gasteiger partial charge in [-0.05, 0) is 20.8 Å². The van der Waals surface area contributed by atoms with Gasteiger partial charge in [-0.15, -0.1) is 11.3 Å². The van der Waals surface area contributed by atoms with Crippen LogP contribution in [-0.2, 0) is 4.74 Å². The van der Waals surface area contributed by atoms with Gasteiger partial charge in [-0.2, -0.15) is 0 Å². The number of rotatable bonds is 2. The van der Waals surface area contributed by atoms with Crippen LogP contribution in [0.2, 0.25) is 0 Å². The highest BCUT2D eigenvalue weighted by molar-refractivity contribution is 7.11. The molecule has 1 aromatic rings. The van der Waals surface area contributed by atoms with Crippen LogP contribution in [0.5, 0.6) is 0 Å². The van der Waals surface area contributed by atoms with Crippen LogP contribution in [0, 0.1) is 13.8 Å². The van der Waals surface area contributed by atoms with Crippen molar-refractivity contribution in [3.63, 3.8) is 0 Å². The molecule has 0 atom stereocenters. The number of thiazole rings is 1. The average molecular weight is 185 g/mol. The van der Waals surface area contributed by atoms with Crippen molar-refractivity contribution in [2.45, 2.75) is 20.8 Å². The molecule has 0 aromatic carbocycles. The van der Waals surface area contributed by atoms with Gasteiger partial charge < -0.3 is 4.74 Å². The lowest BCUT2D eigenvalue weighted by Gasteiger charge is -1.97. The highest BCUT2D eigenvalue weighted by Crippen LogP contribution is 2.16. The van der Waals surface area contributed by atoms with Crippen LogP contribution < -0.4 is 0 Å². The molecule has 0 fully saturated rings. The van der Waals surface area contributed by atoms with Crippen molar-refractivity contribution in [1.82, 2.24) is 4.98 Å². The zero-order chi connectivity index (χ0) is 9.14. The van der Waals surface area contributed by atoms with E-state index in [4.69, 9.17) is 4.74 Å².